The van der Waals surface area contributed by atoms with E-state index in [0.717, 1.165) is 0 Å². The first-order valence-electron chi connectivity index (χ1n) is 4.87. The van der Waals surface area contributed by atoms with Crippen LogP contribution in [-0.4, -0.2) is 23.3 Å². The number of aromatic amines is 1. The van der Waals surface area contributed by atoms with Crippen LogP contribution in [0.3, 0.4) is 0 Å². The second kappa shape index (κ2) is 4.49. The van der Waals surface area contributed by atoms with Gasteiger partial charge in [-0.2, -0.15) is 5.10 Å². The molecular weight excluding hydrogens is 218 g/mol. The van der Waals surface area contributed by atoms with Crippen LogP contribution >= 0.6 is 0 Å². The Morgan fingerprint density at radius 1 is 1.47 bits per heavy atom. The first kappa shape index (κ1) is 10.9. The largest absolute Gasteiger partial charge is 0.464 e. The van der Waals surface area contributed by atoms with Crippen molar-refractivity contribution in [3.05, 3.63) is 47.4 Å². The molecule has 0 amide bonds. The number of hydrogen-bond acceptors (Lipinski definition) is 3. The van der Waals surface area contributed by atoms with Gasteiger partial charge in [0.25, 0.3) is 0 Å². The number of esters is 1. The highest BCUT2D eigenvalue weighted by Gasteiger charge is 2.12. The molecule has 1 heterocycles. The normalized spacial score (nSPS) is 9.65. The predicted molar refractivity (Wildman–Crippen MR) is 61.6 cm³/mol. The molecule has 5 heteroatoms. The minimum atomic E-state index is -0.482. The minimum Gasteiger partial charge on any atom is -0.464 e. The maximum absolute atomic E-state index is 11.3. The number of aromatic nitrogens is 2. The molecule has 0 aliphatic heterocycles. The molecule has 0 saturated heterocycles. The lowest BCUT2D eigenvalue weighted by Crippen LogP contribution is -2.00. The molecule has 17 heavy (non-hydrogen) atoms. The van der Waals surface area contributed by atoms with E-state index in [1.54, 1.807) is 24.3 Å². The Bertz CT molecular complexity index is 596. The van der Waals surface area contributed by atoms with Crippen LogP contribution in [0.15, 0.2) is 30.3 Å². The van der Waals surface area contributed by atoms with Gasteiger partial charge in [0.05, 0.1) is 19.4 Å². The zero-order valence-corrected chi connectivity index (χ0v) is 9.10. The maximum Gasteiger partial charge on any atom is 0.356 e. The Kier molecular flexibility index (Phi) is 2.88. The number of H-pyrrole nitrogens is 1. The molecule has 84 valence electrons. The van der Waals surface area contributed by atoms with Gasteiger partial charge in [0, 0.05) is 5.56 Å². The van der Waals surface area contributed by atoms with E-state index in [2.05, 4.69) is 19.8 Å². The fourth-order valence-corrected chi connectivity index (χ4v) is 1.46. The number of nitrogens with one attached hydrogen (secondary N) is 1. The van der Waals surface area contributed by atoms with Gasteiger partial charge < -0.3 is 4.74 Å². The topological polar surface area (TPSA) is 59.3 Å². The van der Waals surface area contributed by atoms with E-state index >= 15 is 0 Å². The highest BCUT2D eigenvalue weighted by Crippen LogP contribution is 2.28. The van der Waals surface area contributed by atoms with E-state index in [1.165, 1.54) is 7.11 Å². The van der Waals surface area contributed by atoms with Gasteiger partial charge in [-0.05, 0) is 6.07 Å². The molecule has 2 aromatic rings. The third-order valence-corrected chi connectivity index (χ3v) is 2.28. The van der Waals surface area contributed by atoms with Crippen molar-refractivity contribution in [1.29, 1.82) is 0 Å². The predicted octanol–water partition coefficient (Wildman–Crippen LogP) is 2.41. The molecule has 2 rings (SSSR count). The number of carbonyl (C=O) groups is 1. The lowest BCUT2D eigenvalue weighted by Gasteiger charge is -1.97. The number of carbonyl (C=O) groups excluding carboxylic acids is 1. The average molecular weight is 227 g/mol. The summed E-state index contributed by atoms with van der Waals surface area (Å²) in [4.78, 5) is 14.7. The van der Waals surface area contributed by atoms with Crippen molar-refractivity contribution in [3.63, 3.8) is 0 Å². The number of methoxy groups -OCH3 is 1. The van der Waals surface area contributed by atoms with Crippen LogP contribution in [-0.2, 0) is 4.74 Å². The summed E-state index contributed by atoms with van der Waals surface area (Å²) in [5, 5.41) is 6.57. The molecule has 0 aliphatic rings. The van der Waals surface area contributed by atoms with Crippen LogP contribution in [0.1, 0.15) is 10.5 Å². The number of rotatable bonds is 2. The van der Waals surface area contributed by atoms with Gasteiger partial charge in [-0.3, -0.25) is 5.10 Å². The van der Waals surface area contributed by atoms with E-state index in [4.69, 9.17) is 6.57 Å². The van der Waals surface area contributed by atoms with Crippen molar-refractivity contribution in [3.8, 4) is 11.3 Å². The van der Waals surface area contributed by atoms with Gasteiger partial charge in [0.1, 0.15) is 5.69 Å². The summed E-state index contributed by atoms with van der Waals surface area (Å²) < 4.78 is 4.57. The fraction of sp³-hybridized carbons (Fsp3) is 0.0833. The van der Waals surface area contributed by atoms with Crippen molar-refractivity contribution >= 4 is 11.7 Å². The van der Waals surface area contributed by atoms with Gasteiger partial charge in [0.15, 0.2) is 5.69 Å². The molecular formula is C12H9N3O2. The average Bonchev–Trinajstić information content (AvgIpc) is 2.87. The molecule has 0 fully saturated rings. The summed E-state index contributed by atoms with van der Waals surface area (Å²) in [6.07, 6.45) is 0. The molecule has 0 atom stereocenters. The zero-order valence-electron chi connectivity index (χ0n) is 9.10. The molecule has 5 nitrogen and oxygen atoms in total. The second-order valence-electron chi connectivity index (χ2n) is 3.29. The van der Waals surface area contributed by atoms with E-state index in [-0.39, 0.29) is 5.69 Å². The van der Waals surface area contributed by atoms with Crippen molar-refractivity contribution in [1.82, 2.24) is 10.2 Å². The van der Waals surface area contributed by atoms with Crippen LogP contribution in [0.2, 0.25) is 0 Å². The highest BCUT2D eigenvalue weighted by atomic mass is 16.5. The first-order valence-corrected chi connectivity index (χ1v) is 4.87. The van der Waals surface area contributed by atoms with Crippen LogP contribution in [0.5, 0.6) is 0 Å². The molecule has 0 aliphatic carbocycles. The lowest BCUT2D eigenvalue weighted by molar-refractivity contribution is 0.0594. The van der Waals surface area contributed by atoms with Gasteiger partial charge >= 0.3 is 5.97 Å². The Morgan fingerprint density at radius 3 is 2.94 bits per heavy atom. The third kappa shape index (κ3) is 2.01. The highest BCUT2D eigenvalue weighted by molar-refractivity contribution is 5.89. The SMILES string of the molecule is [C-]#[N+]c1ccccc1-c1cc(C(=O)OC)[nH]n1. The van der Waals surface area contributed by atoms with Gasteiger partial charge in [-0.1, -0.05) is 24.3 Å². The molecule has 0 saturated carbocycles. The summed E-state index contributed by atoms with van der Waals surface area (Å²) in [5.41, 5.74) is 2.00. The van der Waals surface area contributed by atoms with E-state index in [0.29, 0.717) is 16.9 Å². The number of nitrogens with zero attached hydrogens (tertiary/aromatic N) is 2. The molecule has 0 radical (unpaired) electrons. The van der Waals surface area contributed by atoms with Crippen LogP contribution in [0, 0.1) is 6.57 Å². The van der Waals surface area contributed by atoms with Gasteiger partial charge in [-0.15, -0.1) is 0 Å². The minimum absolute atomic E-state index is 0.266. The van der Waals surface area contributed by atoms with Gasteiger partial charge in [-0.25, -0.2) is 9.64 Å². The second-order valence-corrected chi connectivity index (χ2v) is 3.29. The first-order chi connectivity index (χ1) is 8.26. The Hall–Kier alpha value is -2.61. The Labute approximate surface area is 97.9 Å². The van der Waals surface area contributed by atoms with Crippen molar-refractivity contribution in [2.24, 2.45) is 0 Å². The number of ether oxygens (including phenoxy) is 1. The molecule has 1 aromatic carbocycles. The molecule has 1 aromatic heterocycles. The van der Waals surface area contributed by atoms with Crippen LogP contribution < -0.4 is 0 Å². The summed E-state index contributed by atoms with van der Waals surface area (Å²) >= 11 is 0. The number of hydrogen-bond donors (Lipinski definition) is 1. The maximum atomic E-state index is 11.3. The van der Waals surface area contributed by atoms with E-state index in [9.17, 15) is 4.79 Å². The van der Waals surface area contributed by atoms with E-state index in [1.807, 2.05) is 6.07 Å². The summed E-state index contributed by atoms with van der Waals surface area (Å²) in [7, 11) is 1.30. The molecule has 0 unspecified atom stereocenters. The fourth-order valence-electron chi connectivity index (χ4n) is 1.46. The quantitative estimate of drug-likeness (QED) is 0.633. The number of para-hydroxylation sites is 1. The van der Waals surface area contributed by atoms with Crippen LogP contribution in [0.25, 0.3) is 16.1 Å². The van der Waals surface area contributed by atoms with E-state index < -0.39 is 5.97 Å². The van der Waals surface area contributed by atoms with Crippen molar-refractivity contribution in [2.45, 2.75) is 0 Å². The summed E-state index contributed by atoms with van der Waals surface area (Å²) in [6.45, 7) is 7.06. The summed E-state index contributed by atoms with van der Waals surface area (Å²) in [5.74, 6) is -0.482. The zero-order chi connectivity index (χ0) is 12.3. The van der Waals surface area contributed by atoms with Crippen LogP contribution in [0.4, 0.5) is 5.69 Å². The third-order valence-electron chi connectivity index (χ3n) is 2.28. The van der Waals surface area contributed by atoms with Crippen molar-refractivity contribution < 1.29 is 9.53 Å². The smallest absolute Gasteiger partial charge is 0.356 e. The molecule has 0 spiro atoms. The summed E-state index contributed by atoms with van der Waals surface area (Å²) in [6, 6.07) is 8.65. The molecule has 1 N–H and O–H groups in total. The lowest BCUT2D eigenvalue weighted by atomic mass is 10.1. The number of benzene rings is 1. The standard InChI is InChI=1S/C12H9N3O2/c1-13-9-6-4-3-5-8(9)10-7-11(15-14-10)12(16)17-2/h3-7H,2H3,(H,14,15). The Balaban J connectivity index is 2.44. The monoisotopic (exact) mass is 227 g/mol. The Morgan fingerprint density at radius 2 is 2.24 bits per heavy atom. The van der Waals surface area contributed by atoms with Gasteiger partial charge in [0.2, 0.25) is 0 Å². The molecule has 0 bridgehead atoms. The van der Waals surface area contributed by atoms with Crippen molar-refractivity contribution in [2.75, 3.05) is 7.11 Å².